The maximum absolute atomic E-state index is 12.0. The summed E-state index contributed by atoms with van der Waals surface area (Å²) >= 11 is 6.00. The Hall–Kier alpha value is -0.580. The van der Waals surface area contributed by atoms with Crippen LogP contribution in [0, 0.1) is 0 Å². The second kappa shape index (κ2) is 6.92. The summed E-state index contributed by atoms with van der Waals surface area (Å²) in [6.45, 7) is 6.42. The molecule has 20 heavy (non-hydrogen) atoms. The van der Waals surface area contributed by atoms with Crippen LogP contribution in [0.2, 0.25) is 5.02 Å². The number of hydrogen-bond donors (Lipinski definition) is 1. The fourth-order valence-electron chi connectivity index (χ4n) is 2.04. The van der Waals surface area contributed by atoms with Crippen LogP contribution in [0.3, 0.4) is 0 Å². The van der Waals surface area contributed by atoms with Crippen molar-refractivity contribution in [1.82, 2.24) is 5.32 Å². The fraction of sp³-hybridized carbons (Fsp3) is 0.600. The summed E-state index contributed by atoms with van der Waals surface area (Å²) in [5.74, 6) is 0. The summed E-state index contributed by atoms with van der Waals surface area (Å²) in [5, 5.41) is 4.04. The molecule has 0 spiro atoms. The molecule has 1 rings (SSSR count). The Balaban J connectivity index is 3.01. The number of hydrogen-bond acceptors (Lipinski definition) is 3. The molecule has 0 aliphatic rings. The third-order valence-electron chi connectivity index (χ3n) is 3.76. The lowest BCUT2D eigenvalue weighted by molar-refractivity contribution is 0.406. The van der Waals surface area contributed by atoms with E-state index in [0.717, 1.165) is 18.5 Å². The van der Waals surface area contributed by atoms with E-state index in [1.807, 2.05) is 24.3 Å². The second-order valence-corrected chi connectivity index (χ2v) is 8.75. The highest BCUT2D eigenvalue weighted by Crippen LogP contribution is 2.24. The second-order valence-electron chi connectivity index (χ2n) is 5.72. The van der Waals surface area contributed by atoms with Crippen molar-refractivity contribution in [2.75, 3.05) is 12.8 Å². The summed E-state index contributed by atoms with van der Waals surface area (Å²) in [5.41, 5.74) is 1.04. The topological polar surface area (TPSA) is 46.2 Å². The van der Waals surface area contributed by atoms with E-state index in [0.29, 0.717) is 11.4 Å². The quantitative estimate of drug-likeness (QED) is 0.840. The van der Waals surface area contributed by atoms with Gasteiger partial charge in [-0.25, -0.2) is 8.42 Å². The lowest BCUT2D eigenvalue weighted by atomic mass is 9.95. The number of rotatable bonds is 7. The number of nitrogens with one attached hydrogen (secondary N) is 1. The lowest BCUT2D eigenvalue weighted by Gasteiger charge is -2.33. The molecule has 3 nitrogen and oxygen atoms in total. The average Bonchev–Trinajstić information content (AvgIpc) is 2.33. The van der Waals surface area contributed by atoms with Crippen LogP contribution < -0.4 is 5.32 Å². The van der Waals surface area contributed by atoms with E-state index < -0.39 is 14.6 Å². The minimum atomic E-state index is -3.16. The van der Waals surface area contributed by atoms with Crippen LogP contribution >= 0.6 is 11.6 Å². The molecule has 0 amide bonds. The summed E-state index contributed by atoms with van der Waals surface area (Å²) < 4.78 is 23.3. The Morgan fingerprint density at radius 1 is 1.35 bits per heavy atom. The normalized spacial score (nSPS) is 14.2. The van der Waals surface area contributed by atoms with Crippen molar-refractivity contribution in [2.45, 2.75) is 44.4 Å². The van der Waals surface area contributed by atoms with Crippen LogP contribution in [0.25, 0.3) is 0 Å². The molecule has 1 unspecified atom stereocenters. The zero-order valence-corrected chi connectivity index (χ0v) is 14.2. The largest absolute Gasteiger partial charge is 0.312 e. The highest BCUT2D eigenvalue weighted by atomic mass is 35.5. The minimum absolute atomic E-state index is 0.143. The first kappa shape index (κ1) is 17.5. The predicted molar refractivity (Wildman–Crippen MR) is 86.2 cm³/mol. The van der Waals surface area contributed by atoms with Crippen molar-refractivity contribution in [3.63, 3.8) is 0 Å². The SMILES string of the molecule is CCCNC(Cc1cccc(Cl)c1)C(C)(C)S(C)(=O)=O. The molecular formula is C15H24ClNO2S. The van der Waals surface area contributed by atoms with Gasteiger partial charge < -0.3 is 5.32 Å². The van der Waals surface area contributed by atoms with E-state index >= 15 is 0 Å². The molecule has 0 aliphatic heterocycles. The Labute approximate surface area is 127 Å². The summed E-state index contributed by atoms with van der Waals surface area (Å²) in [4.78, 5) is 0. The molecule has 1 aromatic carbocycles. The highest BCUT2D eigenvalue weighted by molar-refractivity contribution is 7.92. The molecule has 0 heterocycles. The van der Waals surface area contributed by atoms with Crippen LogP contribution in [0.5, 0.6) is 0 Å². The molecule has 0 radical (unpaired) electrons. The Morgan fingerprint density at radius 2 is 2.00 bits per heavy atom. The van der Waals surface area contributed by atoms with Crippen LogP contribution in [0.15, 0.2) is 24.3 Å². The van der Waals surface area contributed by atoms with Gasteiger partial charge in [-0.1, -0.05) is 30.7 Å². The first-order valence-electron chi connectivity index (χ1n) is 6.86. The molecule has 1 aromatic rings. The molecule has 1 atom stereocenters. The number of sulfone groups is 1. The van der Waals surface area contributed by atoms with Crippen LogP contribution in [-0.4, -0.2) is 32.0 Å². The third kappa shape index (κ3) is 4.47. The van der Waals surface area contributed by atoms with Gasteiger partial charge in [-0.3, -0.25) is 0 Å². The smallest absolute Gasteiger partial charge is 0.154 e. The number of halogens is 1. The third-order valence-corrected chi connectivity index (χ3v) is 6.20. The van der Waals surface area contributed by atoms with Gasteiger partial charge in [-0.2, -0.15) is 0 Å². The van der Waals surface area contributed by atoms with Gasteiger partial charge in [0.15, 0.2) is 9.84 Å². The highest BCUT2D eigenvalue weighted by Gasteiger charge is 2.38. The van der Waals surface area contributed by atoms with Crippen molar-refractivity contribution in [3.8, 4) is 0 Å². The zero-order valence-electron chi connectivity index (χ0n) is 12.6. The Morgan fingerprint density at radius 3 is 2.50 bits per heavy atom. The van der Waals surface area contributed by atoms with Gasteiger partial charge in [0.05, 0.1) is 4.75 Å². The van der Waals surface area contributed by atoms with E-state index in [4.69, 9.17) is 11.6 Å². The molecule has 0 saturated carbocycles. The van der Waals surface area contributed by atoms with E-state index in [1.54, 1.807) is 13.8 Å². The van der Waals surface area contributed by atoms with E-state index in [-0.39, 0.29) is 6.04 Å². The van der Waals surface area contributed by atoms with Crippen LogP contribution in [0.4, 0.5) is 0 Å². The predicted octanol–water partition coefficient (Wildman–Crippen LogP) is 3.07. The van der Waals surface area contributed by atoms with Crippen molar-refractivity contribution < 1.29 is 8.42 Å². The summed E-state index contributed by atoms with van der Waals surface area (Å²) in [7, 11) is -3.16. The maximum atomic E-state index is 12.0. The number of benzene rings is 1. The Bertz CT molecular complexity index is 541. The van der Waals surface area contributed by atoms with Crippen LogP contribution in [0.1, 0.15) is 32.8 Å². The molecule has 0 saturated heterocycles. The van der Waals surface area contributed by atoms with Gasteiger partial charge in [0, 0.05) is 17.3 Å². The van der Waals surface area contributed by atoms with E-state index in [9.17, 15) is 8.42 Å². The first-order chi connectivity index (χ1) is 9.18. The molecule has 0 bridgehead atoms. The Kier molecular flexibility index (Phi) is 6.05. The van der Waals surface area contributed by atoms with Crippen molar-refractivity contribution >= 4 is 21.4 Å². The summed E-state index contributed by atoms with van der Waals surface area (Å²) in [6, 6.07) is 7.44. The molecule has 114 valence electrons. The van der Waals surface area contributed by atoms with Crippen molar-refractivity contribution in [2.24, 2.45) is 0 Å². The zero-order chi connectivity index (χ0) is 15.4. The van der Waals surface area contributed by atoms with E-state index in [2.05, 4.69) is 12.2 Å². The molecule has 0 aromatic heterocycles. The van der Waals surface area contributed by atoms with E-state index in [1.165, 1.54) is 6.26 Å². The minimum Gasteiger partial charge on any atom is -0.312 e. The lowest BCUT2D eigenvalue weighted by Crippen LogP contribution is -2.52. The first-order valence-corrected chi connectivity index (χ1v) is 9.13. The van der Waals surface area contributed by atoms with Gasteiger partial charge >= 0.3 is 0 Å². The van der Waals surface area contributed by atoms with Gasteiger partial charge in [0.25, 0.3) is 0 Å². The molecule has 0 aliphatic carbocycles. The van der Waals surface area contributed by atoms with Gasteiger partial charge in [-0.15, -0.1) is 0 Å². The van der Waals surface area contributed by atoms with Crippen molar-refractivity contribution in [1.29, 1.82) is 0 Å². The summed E-state index contributed by atoms with van der Waals surface area (Å²) in [6.07, 6.45) is 2.90. The molecule has 1 N–H and O–H groups in total. The fourth-order valence-corrected chi connectivity index (χ4v) is 2.94. The maximum Gasteiger partial charge on any atom is 0.154 e. The molecule has 5 heteroatoms. The van der Waals surface area contributed by atoms with Gasteiger partial charge in [-0.05, 0) is 50.9 Å². The molecule has 0 fully saturated rings. The van der Waals surface area contributed by atoms with Crippen LogP contribution in [-0.2, 0) is 16.3 Å². The van der Waals surface area contributed by atoms with Gasteiger partial charge in [0.2, 0.25) is 0 Å². The van der Waals surface area contributed by atoms with Crippen molar-refractivity contribution in [3.05, 3.63) is 34.9 Å². The van der Waals surface area contributed by atoms with Gasteiger partial charge in [0.1, 0.15) is 0 Å². The molecular weight excluding hydrogens is 294 g/mol. The monoisotopic (exact) mass is 317 g/mol. The standard InChI is InChI=1S/C15H24ClNO2S/c1-5-9-17-14(15(2,3)20(4,18)19)11-12-7-6-8-13(16)10-12/h6-8,10,14,17H,5,9,11H2,1-4H3. The average molecular weight is 318 g/mol.